The van der Waals surface area contributed by atoms with Gasteiger partial charge in [-0.05, 0) is 37.8 Å². The highest BCUT2D eigenvalue weighted by atomic mass is 32.2. The number of nitrogens with one attached hydrogen (secondary N) is 1. The van der Waals surface area contributed by atoms with Crippen LogP contribution in [0, 0.1) is 5.92 Å². The normalized spacial score (nSPS) is 12.5. The highest BCUT2D eigenvalue weighted by molar-refractivity contribution is 7.98. The molecule has 6 nitrogen and oxygen atoms in total. The fraction of sp³-hybridized carbons (Fsp3) is 0.571. The molecule has 0 spiro atoms. The van der Waals surface area contributed by atoms with E-state index in [0.717, 1.165) is 42.5 Å². The van der Waals surface area contributed by atoms with E-state index >= 15 is 0 Å². The summed E-state index contributed by atoms with van der Waals surface area (Å²) in [6.45, 7) is 8.81. The van der Waals surface area contributed by atoms with Crippen molar-refractivity contribution in [2.45, 2.75) is 51.4 Å². The maximum atomic E-state index is 12.8. The number of aryl methyl sites for hydroxylation is 1. The first kappa shape index (κ1) is 22.4. The average Bonchev–Trinajstić information content (AvgIpc) is 3.07. The van der Waals surface area contributed by atoms with E-state index in [1.807, 2.05) is 43.6 Å². The zero-order chi connectivity index (χ0) is 20.5. The van der Waals surface area contributed by atoms with E-state index in [1.165, 1.54) is 0 Å². The lowest BCUT2D eigenvalue weighted by atomic mass is 10.0. The summed E-state index contributed by atoms with van der Waals surface area (Å²) >= 11 is 1.62. The van der Waals surface area contributed by atoms with Crippen LogP contribution in [0.25, 0.3) is 0 Å². The van der Waals surface area contributed by atoms with E-state index in [4.69, 9.17) is 0 Å². The predicted molar refractivity (Wildman–Crippen MR) is 115 cm³/mol. The number of rotatable bonds is 11. The lowest BCUT2D eigenvalue weighted by molar-refractivity contribution is -0.126. The highest BCUT2D eigenvalue weighted by Gasteiger charge is 2.23. The Hall–Kier alpha value is -1.86. The van der Waals surface area contributed by atoms with Crippen molar-refractivity contribution in [2.75, 3.05) is 26.4 Å². The first-order chi connectivity index (χ1) is 13.5. The fourth-order valence-corrected chi connectivity index (χ4v) is 3.70. The third-order valence-corrected chi connectivity index (χ3v) is 5.37. The van der Waals surface area contributed by atoms with Crippen LogP contribution >= 0.6 is 11.8 Å². The molecular weight excluding hydrogens is 370 g/mol. The molecular formula is C21H33N5OS. The summed E-state index contributed by atoms with van der Waals surface area (Å²) in [5.41, 5.74) is 1.02. The molecule has 0 aliphatic rings. The van der Waals surface area contributed by atoms with Gasteiger partial charge in [0, 0.05) is 19.5 Å². The molecule has 28 heavy (non-hydrogen) atoms. The standard InChI is InChI=1S/C21H33N5OS/c1-6-25(4)19(17-11-8-7-9-12-17)20(27)22-14-10-13-18-23-24-21(28-5)26(18)15-16(2)3/h7-9,11-12,16,19H,6,10,13-15H2,1-5H3,(H,22,27). The second kappa shape index (κ2) is 11.2. The summed E-state index contributed by atoms with van der Waals surface area (Å²) in [4.78, 5) is 14.9. The van der Waals surface area contributed by atoms with E-state index < -0.39 is 0 Å². The quantitative estimate of drug-likeness (QED) is 0.460. The van der Waals surface area contributed by atoms with Gasteiger partial charge in [-0.3, -0.25) is 9.69 Å². The van der Waals surface area contributed by atoms with Crippen LogP contribution in [0.15, 0.2) is 35.5 Å². The minimum atomic E-state index is -0.265. The molecule has 0 radical (unpaired) electrons. The van der Waals surface area contributed by atoms with Crippen LogP contribution in [-0.2, 0) is 17.8 Å². The van der Waals surface area contributed by atoms with E-state index in [2.05, 4.69) is 45.8 Å². The number of hydrogen-bond acceptors (Lipinski definition) is 5. The van der Waals surface area contributed by atoms with Gasteiger partial charge in [0.05, 0.1) is 0 Å². The molecule has 1 aromatic carbocycles. The Bertz CT molecular complexity index is 732. The van der Waals surface area contributed by atoms with Gasteiger partial charge in [-0.25, -0.2) is 0 Å². The molecule has 1 amide bonds. The van der Waals surface area contributed by atoms with Crippen molar-refractivity contribution < 1.29 is 4.79 Å². The summed E-state index contributed by atoms with van der Waals surface area (Å²) in [6, 6.07) is 9.68. The average molecular weight is 404 g/mol. The Balaban J connectivity index is 1.93. The number of amides is 1. The molecule has 1 atom stereocenters. The molecule has 1 N–H and O–H groups in total. The first-order valence-corrected chi connectivity index (χ1v) is 11.2. The van der Waals surface area contributed by atoms with Crippen molar-refractivity contribution in [3.05, 3.63) is 41.7 Å². The van der Waals surface area contributed by atoms with Gasteiger partial charge in [-0.2, -0.15) is 0 Å². The molecule has 1 unspecified atom stereocenters. The van der Waals surface area contributed by atoms with Crippen LogP contribution in [0.3, 0.4) is 0 Å². The molecule has 0 fully saturated rings. The van der Waals surface area contributed by atoms with Gasteiger partial charge in [0.2, 0.25) is 5.91 Å². The Labute approximate surface area is 173 Å². The van der Waals surface area contributed by atoms with Gasteiger partial charge in [0.25, 0.3) is 0 Å². The molecule has 0 aliphatic carbocycles. The molecule has 0 bridgehead atoms. The predicted octanol–water partition coefficient (Wildman–Crippen LogP) is 3.40. The molecule has 154 valence electrons. The molecule has 0 saturated heterocycles. The van der Waals surface area contributed by atoms with Crippen LogP contribution in [0.5, 0.6) is 0 Å². The van der Waals surface area contributed by atoms with Crippen molar-refractivity contribution in [1.82, 2.24) is 25.0 Å². The monoisotopic (exact) mass is 403 g/mol. The Morgan fingerprint density at radius 1 is 1.25 bits per heavy atom. The van der Waals surface area contributed by atoms with Crippen LogP contribution < -0.4 is 5.32 Å². The lowest BCUT2D eigenvalue weighted by Gasteiger charge is -2.26. The molecule has 0 aliphatic heterocycles. The summed E-state index contributed by atoms with van der Waals surface area (Å²) < 4.78 is 2.20. The fourth-order valence-electron chi connectivity index (χ4n) is 3.18. The van der Waals surface area contributed by atoms with Crippen LogP contribution in [0.2, 0.25) is 0 Å². The van der Waals surface area contributed by atoms with Gasteiger partial charge in [-0.15, -0.1) is 10.2 Å². The van der Waals surface area contributed by atoms with E-state index in [9.17, 15) is 4.79 Å². The Morgan fingerprint density at radius 3 is 2.57 bits per heavy atom. The van der Waals surface area contributed by atoms with E-state index in [0.29, 0.717) is 12.5 Å². The minimum Gasteiger partial charge on any atom is -0.354 e. The maximum Gasteiger partial charge on any atom is 0.241 e. The number of benzene rings is 1. The number of hydrogen-bond donors (Lipinski definition) is 1. The van der Waals surface area contributed by atoms with Crippen molar-refractivity contribution in [1.29, 1.82) is 0 Å². The maximum absolute atomic E-state index is 12.8. The lowest BCUT2D eigenvalue weighted by Crippen LogP contribution is -2.39. The molecule has 7 heteroatoms. The molecule has 1 heterocycles. The van der Waals surface area contributed by atoms with Crippen molar-refractivity contribution in [2.24, 2.45) is 5.92 Å². The Kier molecular flexibility index (Phi) is 8.99. The SMILES string of the molecule is CCN(C)C(C(=O)NCCCc1nnc(SC)n1CC(C)C)c1ccccc1. The number of carbonyl (C=O) groups is 1. The third-order valence-electron chi connectivity index (χ3n) is 4.70. The molecule has 0 saturated carbocycles. The van der Waals surface area contributed by atoms with E-state index in [1.54, 1.807) is 11.8 Å². The number of nitrogens with zero attached hydrogens (tertiary/aromatic N) is 4. The summed E-state index contributed by atoms with van der Waals surface area (Å²) in [7, 11) is 1.98. The highest BCUT2D eigenvalue weighted by Crippen LogP contribution is 2.19. The topological polar surface area (TPSA) is 63.1 Å². The van der Waals surface area contributed by atoms with Gasteiger partial charge in [0.15, 0.2) is 5.16 Å². The second-order valence-corrected chi connectivity index (χ2v) is 8.16. The van der Waals surface area contributed by atoms with Crippen molar-refractivity contribution >= 4 is 17.7 Å². The smallest absolute Gasteiger partial charge is 0.241 e. The third kappa shape index (κ3) is 6.07. The van der Waals surface area contributed by atoms with Crippen molar-refractivity contribution in [3.63, 3.8) is 0 Å². The largest absolute Gasteiger partial charge is 0.354 e. The number of thioether (sulfide) groups is 1. The van der Waals surface area contributed by atoms with Gasteiger partial charge >= 0.3 is 0 Å². The van der Waals surface area contributed by atoms with Gasteiger partial charge in [0.1, 0.15) is 11.9 Å². The van der Waals surface area contributed by atoms with Gasteiger partial charge < -0.3 is 9.88 Å². The van der Waals surface area contributed by atoms with Crippen LogP contribution in [0.1, 0.15) is 44.6 Å². The summed E-state index contributed by atoms with van der Waals surface area (Å²) in [5.74, 6) is 1.58. The summed E-state index contributed by atoms with van der Waals surface area (Å²) in [5, 5.41) is 12.7. The number of likely N-dealkylation sites (N-methyl/N-ethyl adjacent to an activating group) is 1. The van der Waals surface area contributed by atoms with Crippen LogP contribution in [0.4, 0.5) is 0 Å². The molecule has 2 aromatic rings. The molecule has 1 aromatic heterocycles. The van der Waals surface area contributed by atoms with Gasteiger partial charge in [-0.1, -0.05) is 62.9 Å². The zero-order valence-corrected chi connectivity index (χ0v) is 18.5. The molecule has 2 rings (SSSR count). The number of carbonyl (C=O) groups excluding carboxylic acids is 1. The van der Waals surface area contributed by atoms with E-state index in [-0.39, 0.29) is 11.9 Å². The Morgan fingerprint density at radius 2 is 1.96 bits per heavy atom. The second-order valence-electron chi connectivity index (χ2n) is 7.39. The number of aromatic nitrogens is 3. The minimum absolute atomic E-state index is 0.0454. The first-order valence-electron chi connectivity index (χ1n) is 9.96. The summed E-state index contributed by atoms with van der Waals surface area (Å²) in [6.07, 6.45) is 3.67. The van der Waals surface area contributed by atoms with Crippen LogP contribution in [-0.4, -0.2) is 52.0 Å². The zero-order valence-electron chi connectivity index (χ0n) is 17.7. The van der Waals surface area contributed by atoms with Crippen molar-refractivity contribution in [3.8, 4) is 0 Å².